The molecule has 2 saturated heterocycles. The Morgan fingerprint density at radius 2 is 1.96 bits per heavy atom. The predicted molar refractivity (Wildman–Crippen MR) is 98.8 cm³/mol. The molecule has 0 unspecified atom stereocenters. The molecule has 1 aromatic rings. The van der Waals surface area contributed by atoms with E-state index in [1.807, 2.05) is 11.0 Å². The second-order valence-corrected chi connectivity index (χ2v) is 8.93. The summed E-state index contributed by atoms with van der Waals surface area (Å²) in [6.07, 6.45) is 5.36. The first-order chi connectivity index (χ1) is 12.3. The molecular formula is C20H30N4O2. The van der Waals surface area contributed by atoms with Crippen molar-refractivity contribution < 1.29 is 9.59 Å². The van der Waals surface area contributed by atoms with Gasteiger partial charge in [-0.05, 0) is 31.2 Å². The molecule has 26 heavy (non-hydrogen) atoms. The number of carbonyl (C=O) groups excluding carboxylic acids is 2. The lowest BCUT2D eigenvalue weighted by Gasteiger charge is -2.46. The number of fused-ring (bicyclic) bond motifs is 1. The zero-order valence-corrected chi connectivity index (χ0v) is 16.3. The second-order valence-electron chi connectivity index (χ2n) is 8.93. The van der Waals surface area contributed by atoms with Crippen molar-refractivity contribution in [3.63, 3.8) is 0 Å². The number of nitrogens with one attached hydrogen (secondary N) is 1. The highest BCUT2D eigenvalue weighted by Gasteiger charge is 2.60. The maximum absolute atomic E-state index is 13.3. The fourth-order valence-electron chi connectivity index (χ4n) is 5.76. The third kappa shape index (κ3) is 2.48. The normalized spacial score (nSPS) is 33.5. The molecule has 2 bridgehead atoms. The summed E-state index contributed by atoms with van der Waals surface area (Å²) in [6.45, 7) is 8.79. The molecule has 3 fully saturated rings. The minimum Gasteiger partial charge on any atom is -0.335 e. The van der Waals surface area contributed by atoms with Crippen LogP contribution in [0.4, 0.5) is 0 Å². The molecule has 2 aliphatic heterocycles. The van der Waals surface area contributed by atoms with Crippen molar-refractivity contribution in [2.45, 2.75) is 83.8 Å². The lowest BCUT2D eigenvalue weighted by atomic mass is 9.71. The van der Waals surface area contributed by atoms with Gasteiger partial charge < -0.3 is 9.80 Å². The highest BCUT2D eigenvalue weighted by atomic mass is 16.2. The molecule has 6 nitrogen and oxygen atoms in total. The van der Waals surface area contributed by atoms with Crippen LogP contribution in [-0.2, 0) is 4.79 Å². The van der Waals surface area contributed by atoms with Gasteiger partial charge in [-0.1, -0.05) is 33.6 Å². The predicted octanol–water partition coefficient (Wildman–Crippen LogP) is 2.93. The molecule has 0 aromatic carbocycles. The van der Waals surface area contributed by atoms with Crippen LogP contribution in [0.1, 0.15) is 81.9 Å². The average molecular weight is 358 g/mol. The first-order valence-corrected chi connectivity index (χ1v) is 9.98. The quantitative estimate of drug-likeness (QED) is 0.884. The summed E-state index contributed by atoms with van der Waals surface area (Å²) in [4.78, 5) is 29.8. The van der Waals surface area contributed by atoms with Crippen molar-refractivity contribution in [1.29, 1.82) is 0 Å². The fraction of sp³-hybridized carbons (Fsp3) is 0.750. The summed E-state index contributed by atoms with van der Waals surface area (Å²) in [5, 5.41) is 7.30. The summed E-state index contributed by atoms with van der Waals surface area (Å²) in [5.74, 6) is 0.482. The number of hydrogen-bond donors (Lipinski definition) is 1. The number of piperidine rings is 1. The van der Waals surface area contributed by atoms with Gasteiger partial charge in [0.1, 0.15) is 5.69 Å². The third-order valence-corrected chi connectivity index (χ3v) is 6.98. The highest BCUT2D eigenvalue weighted by molar-refractivity contribution is 5.93. The average Bonchev–Trinajstić information content (AvgIpc) is 3.11. The number of H-pyrrole nitrogens is 1. The van der Waals surface area contributed by atoms with Crippen LogP contribution in [0, 0.1) is 5.41 Å². The number of likely N-dealkylation sites (tertiary alicyclic amines) is 2. The summed E-state index contributed by atoms with van der Waals surface area (Å²) < 4.78 is 0. The Morgan fingerprint density at radius 1 is 1.27 bits per heavy atom. The molecule has 4 atom stereocenters. The largest absolute Gasteiger partial charge is 0.335 e. The lowest BCUT2D eigenvalue weighted by Crippen LogP contribution is -2.55. The van der Waals surface area contributed by atoms with Crippen LogP contribution in [0.5, 0.6) is 0 Å². The van der Waals surface area contributed by atoms with E-state index in [1.54, 1.807) is 6.92 Å². The molecule has 142 valence electrons. The van der Waals surface area contributed by atoms with Gasteiger partial charge in [-0.3, -0.25) is 14.7 Å². The van der Waals surface area contributed by atoms with Crippen molar-refractivity contribution in [2.24, 2.45) is 5.41 Å². The molecule has 0 spiro atoms. The molecule has 1 aliphatic carbocycles. The minimum atomic E-state index is -0.00205. The Hall–Kier alpha value is -1.85. The Bertz CT molecular complexity index is 727. The van der Waals surface area contributed by atoms with Gasteiger partial charge in [-0.25, -0.2) is 0 Å². The topological polar surface area (TPSA) is 69.3 Å². The smallest absolute Gasteiger partial charge is 0.274 e. The van der Waals surface area contributed by atoms with E-state index >= 15 is 0 Å². The molecule has 3 heterocycles. The minimum absolute atomic E-state index is 0.00205. The molecule has 1 aromatic heterocycles. The van der Waals surface area contributed by atoms with Crippen molar-refractivity contribution >= 4 is 11.8 Å². The Kier molecular flexibility index (Phi) is 4.12. The SMILES string of the molecule is CC(=O)N1[C@@H]2CN(C(=O)c3cc(C(C)C)[nH]n3)[C@@H]3CCCC[C@H]1[C@]3(C)C2. The van der Waals surface area contributed by atoms with Crippen molar-refractivity contribution in [2.75, 3.05) is 6.54 Å². The van der Waals surface area contributed by atoms with Crippen LogP contribution >= 0.6 is 0 Å². The van der Waals surface area contributed by atoms with E-state index in [0.29, 0.717) is 18.2 Å². The number of amides is 2. The molecule has 4 rings (SSSR count). The molecule has 0 radical (unpaired) electrons. The number of rotatable bonds is 2. The monoisotopic (exact) mass is 358 g/mol. The number of aromatic amines is 1. The van der Waals surface area contributed by atoms with Crippen LogP contribution in [0.25, 0.3) is 0 Å². The summed E-state index contributed by atoms with van der Waals surface area (Å²) in [6, 6.07) is 2.50. The molecule has 1 saturated carbocycles. The molecule has 6 heteroatoms. The maximum Gasteiger partial charge on any atom is 0.274 e. The van der Waals surface area contributed by atoms with Gasteiger partial charge in [0.2, 0.25) is 5.91 Å². The first-order valence-electron chi connectivity index (χ1n) is 9.98. The zero-order valence-electron chi connectivity index (χ0n) is 16.3. The number of nitrogens with zero attached hydrogens (tertiary/aromatic N) is 3. The Labute approximate surface area is 155 Å². The van der Waals surface area contributed by atoms with Gasteiger partial charge in [-0.2, -0.15) is 5.10 Å². The zero-order chi connectivity index (χ0) is 18.6. The summed E-state index contributed by atoms with van der Waals surface area (Å²) in [5.41, 5.74) is 1.50. The van der Waals surface area contributed by atoms with Crippen LogP contribution in [-0.4, -0.2) is 56.5 Å². The lowest BCUT2D eigenvalue weighted by molar-refractivity contribution is -0.132. The van der Waals surface area contributed by atoms with Crippen molar-refractivity contribution in [3.8, 4) is 0 Å². The highest BCUT2D eigenvalue weighted by Crippen LogP contribution is 2.53. The molecule has 2 amide bonds. The van der Waals surface area contributed by atoms with E-state index in [4.69, 9.17) is 0 Å². The number of carbonyl (C=O) groups is 2. The van der Waals surface area contributed by atoms with E-state index in [1.165, 1.54) is 0 Å². The maximum atomic E-state index is 13.3. The standard InChI is InChI=1S/C20H30N4O2/c1-12(2)15-9-16(22-21-15)19(26)23-11-14-10-20(4)17(23)7-5-6-8-18(20)24(14)13(3)25/h9,12,14,17-18H,5-8,10-11H2,1-4H3,(H,21,22)/t14-,17+,18-,20+/m0/s1. The summed E-state index contributed by atoms with van der Waals surface area (Å²) >= 11 is 0. The van der Waals surface area contributed by atoms with Crippen LogP contribution in [0.3, 0.4) is 0 Å². The van der Waals surface area contributed by atoms with E-state index in [2.05, 4.69) is 35.9 Å². The van der Waals surface area contributed by atoms with E-state index in [9.17, 15) is 9.59 Å². The summed E-state index contributed by atoms with van der Waals surface area (Å²) in [7, 11) is 0. The van der Waals surface area contributed by atoms with Crippen LogP contribution in [0.15, 0.2) is 6.07 Å². The Morgan fingerprint density at radius 3 is 2.58 bits per heavy atom. The molecular weight excluding hydrogens is 328 g/mol. The van der Waals surface area contributed by atoms with Gasteiger partial charge in [0, 0.05) is 36.7 Å². The second kappa shape index (κ2) is 6.10. The first kappa shape index (κ1) is 17.6. The van der Waals surface area contributed by atoms with Gasteiger partial charge in [0.05, 0.1) is 6.04 Å². The van der Waals surface area contributed by atoms with Gasteiger partial charge in [-0.15, -0.1) is 0 Å². The Balaban J connectivity index is 1.69. The van der Waals surface area contributed by atoms with Gasteiger partial charge in [0.15, 0.2) is 0 Å². The van der Waals surface area contributed by atoms with E-state index in [-0.39, 0.29) is 35.4 Å². The van der Waals surface area contributed by atoms with E-state index < -0.39 is 0 Å². The molecule has 3 aliphatic rings. The van der Waals surface area contributed by atoms with Gasteiger partial charge in [0.25, 0.3) is 5.91 Å². The number of aromatic nitrogens is 2. The van der Waals surface area contributed by atoms with Crippen LogP contribution in [0.2, 0.25) is 0 Å². The fourth-order valence-corrected chi connectivity index (χ4v) is 5.76. The van der Waals surface area contributed by atoms with Gasteiger partial charge >= 0.3 is 0 Å². The van der Waals surface area contributed by atoms with Crippen molar-refractivity contribution in [3.05, 3.63) is 17.5 Å². The molecule has 1 N–H and O–H groups in total. The van der Waals surface area contributed by atoms with Crippen molar-refractivity contribution in [1.82, 2.24) is 20.0 Å². The third-order valence-electron chi connectivity index (χ3n) is 6.98. The van der Waals surface area contributed by atoms with E-state index in [0.717, 1.165) is 37.8 Å². The number of hydrogen-bond acceptors (Lipinski definition) is 3. The van der Waals surface area contributed by atoms with Crippen LogP contribution < -0.4 is 0 Å².